The molecule has 0 radical (unpaired) electrons. The summed E-state index contributed by atoms with van der Waals surface area (Å²) >= 11 is 0. The van der Waals surface area contributed by atoms with Crippen molar-refractivity contribution in [3.63, 3.8) is 0 Å². The summed E-state index contributed by atoms with van der Waals surface area (Å²) in [6, 6.07) is 22.9. The molecule has 0 aliphatic heterocycles. The molecule has 10 heteroatoms. The summed E-state index contributed by atoms with van der Waals surface area (Å²) in [7, 11) is -2.63. The van der Waals surface area contributed by atoms with E-state index in [-0.39, 0.29) is 5.75 Å². The highest BCUT2D eigenvalue weighted by Gasteiger charge is 2.43. The van der Waals surface area contributed by atoms with Crippen LogP contribution in [-0.4, -0.2) is 57.7 Å². The van der Waals surface area contributed by atoms with Gasteiger partial charge in [-0.15, -0.1) is 0 Å². The molecule has 232 valence electrons. The zero-order chi connectivity index (χ0) is 30.8. The fourth-order valence-corrected chi connectivity index (χ4v) is 10.2. The largest absolute Gasteiger partial charge is 0.465 e. The number of unbranched alkanes of at least 4 members (excludes halogenated alkanes) is 1. The van der Waals surface area contributed by atoms with Crippen LogP contribution in [0.15, 0.2) is 87.5 Å². The molecule has 2 atom stereocenters. The lowest BCUT2D eigenvalue weighted by Gasteiger charge is -2.35. The lowest BCUT2D eigenvalue weighted by molar-refractivity contribution is -0.0617. The first-order valence-electron chi connectivity index (χ1n) is 14.4. The molecule has 3 rings (SSSR count). The van der Waals surface area contributed by atoms with Gasteiger partial charge in [-0.2, -0.15) is 8.42 Å². The van der Waals surface area contributed by atoms with E-state index in [4.69, 9.17) is 22.6 Å². The van der Waals surface area contributed by atoms with Gasteiger partial charge >= 0.3 is 10.1 Å². The second-order valence-electron chi connectivity index (χ2n) is 9.91. The molecule has 0 fully saturated rings. The lowest BCUT2D eigenvalue weighted by Crippen LogP contribution is -2.21. The van der Waals surface area contributed by atoms with E-state index < -0.39 is 33.0 Å². The van der Waals surface area contributed by atoms with Crippen LogP contribution in [0.3, 0.4) is 0 Å². The highest BCUT2D eigenvalue weighted by molar-refractivity contribution is 8.32. The summed E-state index contributed by atoms with van der Waals surface area (Å²) in [5, 5.41) is 0. The average molecular weight is 621 g/mol. The third-order valence-electron chi connectivity index (χ3n) is 6.38. The predicted molar refractivity (Wildman–Crippen MR) is 171 cm³/mol. The van der Waals surface area contributed by atoms with E-state index in [0.717, 1.165) is 26.8 Å². The van der Waals surface area contributed by atoms with Gasteiger partial charge in [0.25, 0.3) is 0 Å². The molecular weight excluding hydrogens is 574 g/mol. The predicted octanol–water partition coefficient (Wildman–Crippen LogP) is 7.70. The van der Waals surface area contributed by atoms with Gasteiger partial charge in [0, 0.05) is 33.0 Å². The second kappa shape index (κ2) is 15.6. The molecule has 0 saturated carbocycles. The van der Waals surface area contributed by atoms with Crippen molar-refractivity contribution in [2.24, 2.45) is 0 Å². The molecule has 3 aromatic rings. The first kappa shape index (κ1) is 33.7. The molecule has 0 aliphatic carbocycles. The van der Waals surface area contributed by atoms with E-state index in [9.17, 15) is 8.42 Å². The highest BCUT2D eigenvalue weighted by Crippen LogP contribution is 2.69. The topological polar surface area (TPSA) is 87.1 Å². The second-order valence-corrected chi connectivity index (χ2v) is 14.7. The van der Waals surface area contributed by atoms with E-state index >= 15 is 0 Å². The van der Waals surface area contributed by atoms with Crippen LogP contribution >= 0.6 is 10.3 Å². The van der Waals surface area contributed by atoms with Crippen LogP contribution in [0.4, 0.5) is 5.69 Å². The number of nitrogens with zero attached hydrogens (tertiary/aromatic N) is 1. The smallest absolute Gasteiger partial charge is 0.390 e. The average Bonchev–Trinajstić information content (AvgIpc) is 2.95. The summed E-state index contributed by atoms with van der Waals surface area (Å²) in [4.78, 5) is 4.22. The van der Waals surface area contributed by atoms with E-state index in [0.29, 0.717) is 31.1 Å². The Bertz CT molecular complexity index is 1310. The zero-order valence-corrected chi connectivity index (χ0v) is 27.4. The quantitative estimate of drug-likeness (QED) is 0.0868. The SMILES string of the molecule is CCCCS(=O)(=O)[OH+]S(c1ccc(N(C)C)cc1)(c1cccc(OC(C)OCC)c1)c1cccc(OC(C)OCC)c1. The van der Waals surface area contributed by atoms with Gasteiger partial charge in [0.2, 0.25) is 0 Å². The molecule has 0 heterocycles. The minimum Gasteiger partial charge on any atom is -0.465 e. The van der Waals surface area contributed by atoms with Crippen LogP contribution in [0.5, 0.6) is 11.5 Å². The Balaban J connectivity index is 2.31. The Hall–Kier alpha value is -2.76. The van der Waals surface area contributed by atoms with Crippen LogP contribution in [0.25, 0.3) is 0 Å². The maximum absolute atomic E-state index is 13.7. The van der Waals surface area contributed by atoms with Gasteiger partial charge in [-0.25, -0.2) is 0 Å². The van der Waals surface area contributed by atoms with Crippen LogP contribution < -0.4 is 14.4 Å². The molecule has 0 amide bonds. The number of hydrogen-bond acceptors (Lipinski definition) is 7. The van der Waals surface area contributed by atoms with Crippen molar-refractivity contribution in [3.05, 3.63) is 72.8 Å². The molecule has 0 saturated heterocycles. The number of anilines is 1. The summed E-state index contributed by atoms with van der Waals surface area (Å²) in [6.45, 7) is 10.5. The minimum atomic E-state index is -3.84. The van der Waals surface area contributed by atoms with E-state index in [1.807, 2.05) is 126 Å². The minimum absolute atomic E-state index is 0.0385. The van der Waals surface area contributed by atoms with Gasteiger partial charge in [-0.1, -0.05) is 25.5 Å². The fourth-order valence-electron chi connectivity index (χ4n) is 4.40. The van der Waals surface area contributed by atoms with Crippen LogP contribution in [-0.2, 0) is 19.6 Å². The third-order valence-corrected chi connectivity index (χ3v) is 11.8. The molecule has 0 aliphatic rings. The molecule has 42 heavy (non-hydrogen) atoms. The Morgan fingerprint density at radius 3 is 1.67 bits per heavy atom. The number of ether oxygens (including phenoxy) is 4. The van der Waals surface area contributed by atoms with Gasteiger partial charge in [-0.3, -0.25) is 3.63 Å². The highest BCUT2D eigenvalue weighted by atomic mass is 32.3. The molecule has 0 spiro atoms. The molecule has 0 aromatic heterocycles. The number of benzene rings is 3. The van der Waals surface area contributed by atoms with Crippen LogP contribution in [0.1, 0.15) is 47.5 Å². The first-order chi connectivity index (χ1) is 20.0. The zero-order valence-electron chi connectivity index (χ0n) is 25.8. The fraction of sp³-hybridized carbons (Fsp3) is 0.438. The van der Waals surface area contributed by atoms with Gasteiger partial charge in [0.1, 0.15) is 17.3 Å². The van der Waals surface area contributed by atoms with E-state index in [2.05, 4.69) is 0 Å². The van der Waals surface area contributed by atoms with Gasteiger partial charge < -0.3 is 23.8 Å². The maximum Gasteiger partial charge on any atom is 0.390 e. The van der Waals surface area contributed by atoms with Crippen LogP contribution in [0.2, 0.25) is 0 Å². The number of hydrogen-bond donors (Lipinski definition) is 0. The number of rotatable bonds is 17. The van der Waals surface area contributed by atoms with E-state index in [1.165, 1.54) is 0 Å². The monoisotopic (exact) mass is 620 g/mol. The standard InChI is InChI=1S/C32H45NO7S2/c1-8-11-22-41(34,35)40-42(30-20-18-27(19-21-30)33(6)7,31-16-12-14-28(23-31)38-25(4)36-9-2)32-17-13-15-29(24-32)39-26(5)37-10-3/h12-21,23-26H,8-11,22H2,1-7H3/p+1. The van der Waals surface area contributed by atoms with Crippen molar-refractivity contribution in [2.45, 2.75) is 74.7 Å². The maximum atomic E-state index is 13.7. The molecule has 8 nitrogen and oxygen atoms in total. The molecule has 3 aromatic carbocycles. The molecular formula is C32H46NO7S2+. The normalized spacial score (nSPS) is 15.3. The Kier molecular flexibility index (Phi) is 12.6. The molecule has 0 bridgehead atoms. The summed E-state index contributed by atoms with van der Waals surface area (Å²) < 4.78 is 55.7. The van der Waals surface area contributed by atoms with Crippen molar-refractivity contribution >= 4 is 26.1 Å². The summed E-state index contributed by atoms with van der Waals surface area (Å²) in [6.07, 6.45) is 0.309. The van der Waals surface area contributed by atoms with Crippen molar-refractivity contribution < 1.29 is 31.0 Å². The Morgan fingerprint density at radius 2 is 1.24 bits per heavy atom. The van der Waals surface area contributed by atoms with Crippen molar-refractivity contribution in [2.75, 3.05) is 38.0 Å². The van der Waals surface area contributed by atoms with Crippen LogP contribution in [0, 0.1) is 0 Å². The van der Waals surface area contributed by atoms with Gasteiger partial charge in [0.05, 0.1) is 25.0 Å². The van der Waals surface area contributed by atoms with Crippen molar-refractivity contribution in [1.29, 1.82) is 0 Å². The molecule has 2 unspecified atom stereocenters. The first-order valence-corrected chi connectivity index (χ1v) is 17.6. The third kappa shape index (κ3) is 8.87. The van der Waals surface area contributed by atoms with E-state index in [1.54, 1.807) is 0 Å². The summed E-state index contributed by atoms with van der Waals surface area (Å²) in [5.41, 5.74) is 0.992. The Morgan fingerprint density at radius 1 is 0.738 bits per heavy atom. The summed E-state index contributed by atoms with van der Waals surface area (Å²) in [5.74, 6) is 1.09. The van der Waals surface area contributed by atoms with Crippen molar-refractivity contribution in [1.82, 2.24) is 0 Å². The lowest BCUT2D eigenvalue weighted by atomic mass is 10.3. The molecule has 1 N–H and O–H groups in total. The Labute approximate surface area is 253 Å². The van der Waals surface area contributed by atoms with Gasteiger partial charge in [0.15, 0.2) is 12.6 Å². The van der Waals surface area contributed by atoms with Crippen molar-refractivity contribution in [3.8, 4) is 11.5 Å². The van der Waals surface area contributed by atoms with Gasteiger partial charge in [-0.05, 0) is 94.8 Å².